The zero-order valence-electron chi connectivity index (χ0n) is 11.1. The summed E-state index contributed by atoms with van der Waals surface area (Å²) in [6, 6.07) is 10.8. The molecule has 1 aromatic rings. The third-order valence-electron chi connectivity index (χ3n) is 4.09. The number of rotatable bonds is 3. The average Bonchev–Trinajstić information content (AvgIpc) is 2.56. The summed E-state index contributed by atoms with van der Waals surface area (Å²) in [5.41, 5.74) is 1.38. The standard InChI is InChI=1S/C15H23NO/c1-15(2)10-9-13(14(15)17)16(3)11-12-7-5-4-6-8-12/h4-8,13-14,17H,9-11H2,1-3H3. The van der Waals surface area contributed by atoms with Crippen LogP contribution in [0.3, 0.4) is 0 Å². The Morgan fingerprint density at radius 3 is 2.47 bits per heavy atom. The lowest BCUT2D eigenvalue weighted by atomic mass is 9.88. The van der Waals surface area contributed by atoms with Crippen LogP contribution < -0.4 is 0 Å². The Hall–Kier alpha value is -0.860. The fourth-order valence-corrected chi connectivity index (χ4v) is 2.80. The largest absolute Gasteiger partial charge is 0.391 e. The van der Waals surface area contributed by atoms with Gasteiger partial charge in [0.1, 0.15) is 0 Å². The number of hydrogen-bond acceptors (Lipinski definition) is 2. The molecule has 1 aliphatic carbocycles. The van der Waals surface area contributed by atoms with Gasteiger partial charge in [-0.3, -0.25) is 4.90 Å². The molecule has 0 spiro atoms. The van der Waals surface area contributed by atoms with Crippen LogP contribution >= 0.6 is 0 Å². The van der Waals surface area contributed by atoms with Gasteiger partial charge in [0.2, 0.25) is 0 Å². The molecule has 94 valence electrons. The van der Waals surface area contributed by atoms with Gasteiger partial charge in [0.05, 0.1) is 6.10 Å². The Kier molecular flexibility index (Phi) is 3.55. The lowest BCUT2D eigenvalue weighted by molar-refractivity contribution is 0.0209. The summed E-state index contributed by atoms with van der Waals surface area (Å²) in [6.45, 7) is 5.24. The van der Waals surface area contributed by atoms with Gasteiger partial charge >= 0.3 is 0 Å². The zero-order chi connectivity index (χ0) is 12.5. The molecule has 0 heterocycles. The van der Waals surface area contributed by atoms with Gasteiger partial charge in [-0.1, -0.05) is 44.2 Å². The number of nitrogens with zero attached hydrogens (tertiary/aromatic N) is 1. The van der Waals surface area contributed by atoms with Gasteiger partial charge in [-0.2, -0.15) is 0 Å². The summed E-state index contributed by atoms with van der Waals surface area (Å²) >= 11 is 0. The minimum Gasteiger partial charge on any atom is -0.391 e. The number of hydrogen-bond donors (Lipinski definition) is 1. The molecule has 2 unspecified atom stereocenters. The highest BCUT2D eigenvalue weighted by atomic mass is 16.3. The summed E-state index contributed by atoms with van der Waals surface area (Å²) < 4.78 is 0. The molecule has 0 aromatic heterocycles. The quantitative estimate of drug-likeness (QED) is 0.867. The third kappa shape index (κ3) is 2.70. The van der Waals surface area contributed by atoms with Gasteiger partial charge in [-0.15, -0.1) is 0 Å². The summed E-state index contributed by atoms with van der Waals surface area (Å²) in [5.74, 6) is 0. The molecule has 0 amide bonds. The van der Waals surface area contributed by atoms with Crippen LogP contribution in [0.2, 0.25) is 0 Å². The van der Waals surface area contributed by atoms with Crippen LogP contribution in [0.4, 0.5) is 0 Å². The van der Waals surface area contributed by atoms with E-state index < -0.39 is 0 Å². The van der Waals surface area contributed by atoms with Crippen LogP contribution in [-0.4, -0.2) is 29.2 Å². The normalized spacial score (nSPS) is 27.6. The van der Waals surface area contributed by atoms with Crippen molar-refractivity contribution >= 4 is 0 Å². The fraction of sp³-hybridized carbons (Fsp3) is 0.600. The number of benzene rings is 1. The van der Waals surface area contributed by atoms with Gasteiger partial charge < -0.3 is 5.11 Å². The fourth-order valence-electron chi connectivity index (χ4n) is 2.80. The van der Waals surface area contributed by atoms with Crippen LogP contribution in [-0.2, 0) is 6.54 Å². The van der Waals surface area contributed by atoms with Crippen molar-refractivity contribution in [2.24, 2.45) is 5.41 Å². The van der Waals surface area contributed by atoms with Crippen LogP contribution in [0.25, 0.3) is 0 Å². The van der Waals surface area contributed by atoms with Crippen molar-refractivity contribution < 1.29 is 5.11 Å². The highest BCUT2D eigenvalue weighted by molar-refractivity contribution is 5.14. The van der Waals surface area contributed by atoms with E-state index in [-0.39, 0.29) is 11.5 Å². The van der Waals surface area contributed by atoms with Crippen LogP contribution in [0.15, 0.2) is 30.3 Å². The Morgan fingerprint density at radius 1 is 1.29 bits per heavy atom. The van der Waals surface area contributed by atoms with E-state index in [0.29, 0.717) is 6.04 Å². The summed E-state index contributed by atoms with van der Waals surface area (Å²) in [7, 11) is 2.11. The minimum absolute atomic E-state index is 0.0651. The smallest absolute Gasteiger partial charge is 0.0746 e. The second-order valence-corrected chi connectivity index (χ2v) is 5.94. The first-order valence-electron chi connectivity index (χ1n) is 6.43. The second-order valence-electron chi connectivity index (χ2n) is 5.94. The molecule has 1 aromatic carbocycles. The maximum Gasteiger partial charge on any atom is 0.0746 e. The molecule has 2 nitrogen and oxygen atoms in total. The molecule has 1 fully saturated rings. The Bertz CT molecular complexity index is 360. The van der Waals surface area contributed by atoms with Crippen molar-refractivity contribution in [3.05, 3.63) is 35.9 Å². The van der Waals surface area contributed by atoms with Crippen molar-refractivity contribution in [2.45, 2.75) is 45.4 Å². The van der Waals surface area contributed by atoms with E-state index in [2.05, 4.69) is 50.1 Å². The summed E-state index contributed by atoms with van der Waals surface area (Å²) in [5, 5.41) is 10.3. The van der Waals surface area contributed by atoms with Gasteiger partial charge in [0.15, 0.2) is 0 Å². The zero-order valence-corrected chi connectivity index (χ0v) is 11.1. The highest BCUT2D eigenvalue weighted by Gasteiger charge is 2.42. The first-order valence-corrected chi connectivity index (χ1v) is 6.43. The van der Waals surface area contributed by atoms with Gasteiger partial charge in [-0.25, -0.2) is 0 Å². The number of likely N-dealkylation sites (N-methyl/N-ethyl adjacent to an activating group) is 1. The Labute approximate surface area is 104 Å². The topological polar surface area (TPSA) is 23.5 Å². The number of aliphatic hydroxyl groups excluding tert-OH is 1. The highest BCUT2D eigenvalue weighted by Crippen LogP contribution is 2.39. The summed E-state index contributed by atoms with van der Waals surface area (Å²) in [4.78, 5) is 2.29. The van der Waals surface area contributed by atoms with E-state index in [4.69, 9.17) is 0 Å². The van der Waals surface area contributed by atoms with Crippen LogP contribution in [0.5, 0.6) is 0 Å². The molecule has 17 heavy (non-hydrogen) atoms. The second kappa shape index (κ2) is 4.79. The average molecular weight is 233 g/mol. The van der Waals surface area contributed by atoms with Gasteiger partial charge in [0.25, 0.3) is 0 Å². The van der Waals surface area contributed by atoms with Gasteiger partial charge in [0, 0.05) is 12.6 Å². The first-order chi connectivity index (χ1) is 8.00. The molecule has 2 atom stereocenters. The minimum atomic E-state index is -0.212. The molecule has 0 radical (unpaired) electrons. The van der Waals surface area contributed by atoms with Gasteiger partial charge in [-0.05, 0) is 30.9 Å². The first kappa shape index (κ1) is 12.6. The van der Waals surface area contributed by atoms with Crippen LogP contribution in [0, 0.1) is 5.41 Å². The molecular formula is C15H23NO. The summed E-state index contributed by atoms with van der Waals surface area (Å²) in [6.07, 6.45) is 1.99. The predicted molar refractivity (Wildman–Crippen MR) is 70.7 cm³/mol. The molecule has 1 N–H and O–H groups in total. The molecule has 0 saturated heterocycles. The third-order valence-corrected chi connectivity index (χ3v) is 4.09. The molecule has 2 rings (SSSR count). The molecule has 0 bridgehead atoms. The Balaban J connectivity index is 2.00. The maximum atomic E-state index is 10.3. The molecule has 2 heteroatoms. The van der Waals surface area contributed by atoms with E-state index in [0.717, 1.165) is 19.4 Å². The molecule has 1 aliphatic rings. The maximum absolute atomic E-state index is 10.3. The monoisotopic (exact) mass is 233 g/mol. The van der Waals surface area contributed by atoms with Crippen molar-refractivity contribution in [2.75, 3.05) is 7.05 Å². The predicted octanol–water partition coefficient (Wildman–Crippen LogP) is 2.67. The number of aliphatic hydroxyl groups is 1. The van der Waals surface area contributed by atoms with E-state index in [1.165, 1.54) is 5.56 Å². The van der Waals surface area contributed by atoms with Crippen molar-refractivity contribution in [3.63, 3.8) is 0 Å². The van der Waals surface area contributed by atoms with E-state index in [9.17, 15) is 5.11 Å². The molecular weight excluding hydrogens is 210 g/mol. The van der Waals surface area contributed by atoms with E-state index >= 15 is 0 Å². The SMILES string of the molecule is CN(Cc1ccccc1)C1CCC(C)(C)C1O. The van der Waals surface area contributed by atoms with E-state index in [1.807, 2.05) is 6.07 Å². The van der Waals surface area contributed by atoms with Crippen molar-refractivity contribution in [1.82, 2.24) is 4.90 Å². The molecule has 1 saturated carbocycles. The molecule has 0 aliphatic heterocycles. The van der Waals surface area contributed by atoms with E-state index in [1.54, 1.807) is 0 Å². The Morgan fingerprint density at radius 2 is 1.94 bits per heavy atom. The van der Waals surface area contributed by atoms with Crippen molar-refractivity contribution in [1.29, 1.82) is 0 Å². The lowest BCUT2D eigenvalue weighted by Gasteiger charge is -2.31. The lowest BCUT2D eigenvalue weighted by Crippen LogP contribution is -2.41. The van der Waals surface area contributed by atoms with Crippen molar-refractivity contribution in [3.8, 4) is 0 Å². The van der Waals surface area contributed by atoms with Crippen LogP contribution in [0.1, 0.15) is 32.3 Å².